The van der Waals surface area contributed by atoms with E-state index in [0.717, 1.165) is 6.20 Å². The highest BCUT2D eigenvalue weighted by Crippen LogP contribution is 2.41. The van der Waals surface area contributed by atoms with Gasteiger partial charge in [-0.05, 0) is 18.2 Å². The smallest absolute Gasteiger partial charge is 0.417 e. The molecule has 3 nitrogen and oxygen atoms in total. The van der Waals surface area contributed by atoms with Crippen LogP contribution in [0.2, 0.25) is 15.1 Å². The van der Waals surface area contributed by atoms with Crippen LogP contribution in [0.1, 0.15) is 15.9 Å². The van der Waals surface area contributed by atoms with Crippen molar-refractivity contribution < 1.29 is 23.1 Å². The molecule has 1 aromatic heterocycles. The Labute approximate surface area is 137 Å². The third-order valence-corrected chi connectivity index (χ3v) is 4.05. The van der Waals surface area contributed by atoms with Crippen molar-refractivity contribution in [3.05, 3.63) is 50.6 Å². The molecule has 2 aromatic rings. The van der Waals surface area contributed by atoms with Gasteiger partial charge in [0.05, 0.1) is 31.9 Å². The standard InChI is InChI=1S/C13H5Cl3F3NO2/c14-7-2-1-5(9(15)10(7)16)11-8(12(21)22)6(3-4-20-11)13(17,18)19/h1-4H,(H,21,22). The summed E-state index contributed by atoms with van der Waals surface area (Å²) >= 11 is 17.5. The lowest BCUT2D eigenvalue weighted by atomic mass is 10.0. The van der Waals surface area contributed by atoms with Gasteiger partial charge in [0, 0.05) is 11.8 Å². The van der Waals surface area contributed by atoms with E-state index in [-0.39, 0.29) is 20.6 Å². The van der Waals surface area contributed by atoms with E-state index >= 15 is 0 Å². The van der Waals surface area contributed by atoms with Crippen LogP contribution in [0.4, 0.5) is 13.2 Å². The summed E-state index contributed by atoms with van der Waals surface area (Å²) in [7, 11) is 0. The first-order valence-corrected chi connectivity index (χ1v) is 6.71. The Balaban J connectivity index is 2.83. The summed E-state index contributed by atoms with van der Waals surface area (Å²) in [6.07, 6.45) is -4.00. The minimum absolute atomic E-state index is 0.0560. The molecule has 0 aliphatic rings. The molecular weight excluding hydrogens is 366 g/mol. The highest BCUT2D eigenvalue weighted by molar-refractivity contribution is 6.49. The van der Waals surface area contributed by atoms with Gasteiger partial charge in [-0.1, -0.05) is 34.8 Å². The molecule has 1 aromatic carbocycles. The highest BCUT2D eigenvalue weighted by atomic mass is 35.5. The Morgan fingerprint density at radius 2 is 1.73 bits per heavy atom. The van der Waals surface area contributed by atoms with Gasteiger partial charge in [0.1, 0.15) is 0 Å². The molecule has 0 saturated heterocycles. The molecule has 0 fully saturated rings. The SMILES string of the molecule is O=C(O)c1c(C(F)(F)F)ccnc1-c1ccc(Cl)c(Cl)c1Cl. The number of halogens is 6. The van der Waals surface area contributed by atoms with Gasteiger partial charge >= 0.3 is 12.1 Å². The van der Waals surface area contributed by atoms with E-state index in [1.807, 2.05) is 0 Å². The second-order valence-corrected chi connectivity index (χ2v) is 5.27. The molecule has 0 aliphatic heterocycles. The molecule has 116 valence electrons. The van der Waals surface area contributed by atoms with Crippen LogP contribution in [-0.2, 0) is 6.18 Å². The lowest BCUT2D eigenvalue weighted by Crippen LogP contribution is -2.15. The van der Waals surface area contributed by atoms with Gasteiger partial charge in [0.15, 0.2) is 0 Å². The average Bonchev–Trinajstić information content (AvgIpc) is 2.43. The fourth-order valence-electron chi connectivity index (χ4n) is 1.83. The quantitative estimate of drug-likeness (QED) is 0.718. The summed E-state index contributed by atoms with van der Waals surface area (Å²) in [5.74, 6) is -1.78. The van der Waals surface area contributed by atoms with Crippen LogP contribution >= 0.6 is 34.8 Å². The predicted octanol–water partition coefficient (Wildman–Crippen LogP) is 5.43. The number of hydrogen-bond donors (Lipinski definition) is 1. The molecule has 0 bridgehead atoms. The van der Waals surface area contributed by atoms with Crippen LogP contribution < -0.4 is 0 Å². The van der Waals surface area contributed by atoms with Gasteiger partial charge in [-0.3, -0.25) is 4.98 Å². The number of nitrogens with zero attached hydrogens (tertiary/aromatic N) is 1. The number of pyridine rings is 1. The first kappa shape index (κ1) is 16.9. The zero-order valence-electron chi connectivity index (χ0n) is 10.4. The van der Waals surface area contributed by atoms with Crippen molar-refractivity contribution in [1.29, 1.82) is 0 Å². The molecular formula is C13H5Cl3F3NO2. The molecule has 9 heteroatoms. The van der Waals surface area contributed by atoms with Crippen molar-refractivity contribution in [2.24, 2.45) is 0 Å². The summed E-state index contributed by atoms with van der Waals surface area (Å²) < 4.78 is 38.9. The van der Waals surface area contributed by atoms with E-state index < -0.39 is 29.0 Å². The highest BCUT2D eigenvalue weighted by Gasteiger charge is 2.37. The molecule has 0 atom stereocenters. The van der Waals surface area contributed by atoms with Gasteiger partial charge in [-0.15, -0.1) is 0 Å². The van der Waals surface area contributed by atoms with E-state index in [2.05, 4.69) is 4.98 Å². The van der Waals surface area contributed by atoms with Crippen LogP contribution in [-0.4, -0.2) is 16.1 Å². The van der Waals surface area contributed by atoms with E-state index in [4.69, 9.17) is 39.9 Å². The van der Waals surface area contributed by atoms with Crippen LogP contribution in [0.3, 0.4) is 0 Å². The van der Waals surface area contributed by atoms with E-state index in [0.29, 0.717) is 6.07 Å². The average molecular weight is 371 g/mol. The number of alkyl halides is 3. The normalized spacial score (nSPS) is 11.5. The maximum absolute atomic E-state index is 13.0. The Morgan fingerprint density at radius 1 is 1.09 bits per heavy atom. The molecule has 0 spiro atoms. The Hall–Kier alpha value is -1.50. The number of carboxylic acid groups (broad SMARTS) is 1. The van der Waals surface area contributed by atoms with Gasteiger partial charge < -0.3 is 5.11 Å². The molecule has 2 rings (SSSR count). The minimum Gasteiger partial charge on any atom is -0.478 e. The largest absolute Gasteiger partial charge is 0.478 e. The second-order valence-electron chi connectivity index (χ2n) is 4.11. The first-order valence-electron chi connectivity index (χ1n) is 5.58. The molecule has 1 N–H and O–H groups in total. The maximum Gasteiger partial charge on any atom is 0.417 e. The van der Waals surface area contributed by atoms with E-state index in [1.165, 1.54) is 12.1 Å². The molecule has 0 radical (unpaired) electrons. The topological polar surface area (TPSA) is 50.2 Å². The maximum atomic E-state index is 13.0. The number of hydrogen-bond acceptors (Lipinski definition) is 2. The zero-order chi connectivity index (χ0) is 16.7. The zero-order valence-corrected chi connectivity index (χ0v) is 12.6. The van der Waals surface area contributed by atoms with Gasteiger partial charge in [0.25, 0.3) is 0 Å². The molecule has 1 heterocycles. The van der Waals surface area contributed by atoms with Crippen molar-refractivity contribution in [3.8, 4) is 11.3 Å². The third-order valence-electron chi connectivity index (χ3n) is 2.76. The van der Waals surface area contributed by atoms with Crippen molar-refractivity contribution in [1.82, 2.24) is 4.98 Å². The molecule has 0 unspecified atom stereocenters. The summed E-state index contributed by atoms with van der Waals surface area (Å²) in [6.45, 7) is 0. The van der Waals surface area contributed by atoms with Crippen molar-refractivity contribution >= 4 is 40.8 Å². The lowest BCUT2D eigenvalue weighted by molar-refractivity contribution is -0.138. The molecule has 0 saturated carbocycles. The summed E-state index contributed by atoms with van der Waals surface area (Å²) in [6, 6.07) is 3.13. The van der Waals surface area contributed by atoms with Crippen LogP contribution in [0.15, 0.2) is 24.4 Å². The fourth-order valence-corrected chi connectivity index (χ4v) is 2.45. The summed E-state index contributed by atoms with van der Waals surface area (Å²) in [4.78, 5) is 15.0. The molecule has 0 aliphatic carbocycles. The number of aromatic carboxylic acids is 1. The molecule has 0 amide bonds. The second kappa shape index (κ2) is 5.95. The van der Waals surface area contributed by atoms with Gasteiger partial charge in [-0.2, -0.15) is 13.2 Å². The first-order chi connectivity index (χ1) is 10.1. The van der Waals surface area contributed by atoms with Crippen molar-refractivity contribution in [3.63, 3.8) is 0 Å². The number of carboxylic acids is 1. The van der Waals surface area contributed by atoms with Gasteiger partial charge in [0.2, 0.25) is 0 Å². The van der Waals surface area contributed by atoms with Crippen LogP contribution in [0, 0.1) is 0 Å². The number of rotatable bonds is 2. The van der Waals surface area contributed by atoms with Crippen molar-refractivity contribution in [2.75, 3.05) is 0 Å². The predicted molar refractivity (Wildman–Crippen MR) is 76.7 cm³/mol. The Bertz CT molecular complexity index is 763. The number of carbonyl (C=O) groups is 1. The lowest BCUT2D eigenvalue weighted by Gasteiger charge is -2.14. The third kappa shape index (κ3) is 2.99. The van der Waals surface area contributed by atoms with E-state index in [9.17, 15) is 18.0 Å². The summed E-state index contributed by atoms with van der Waals surface area (Å²) in [5, 5.41) is 8.95. The van der Waals surface area contributed by atoms with Crippen LogP contribution in [0.5, 0.6) is 0 Å². The summed E-state index contributed by atoms with van der Waals surface area (Å²) in [5.41, 5.74) is -2.83. The van der Waals surface area contributed by atoms with Crippen LogP contribution in [0.25, 0.3) is 11.3 Å². The monoisotopic (exact) mass is 369 g/mol. The van der Waals surface area contributed by atoms with Crippen molar-refractivity contribution in [2.45, 2.75) is 6.18 Å². The number of benzene rings is 1. The minimum atomic E-state index is -4.85. The Morgan fingerprint density at radius 3 is 2.27 bits per heavy atom. The van der Waals surface area contributed by atoms with E-state index in [1.54, 1.807) is 0 Å². The molecule has 22 heavy (non-hydrogen) atoms. The van der Waals surface area contributed by atoms with Gasteiger partial charge in [-0.25, -0.2) is 4.79 Å². The fraction of sp³-hybridized carbons (Fsp3) is 0.0769. The Kier molecular flexibility index (Phi) is 4.56. The number of aromatic nitrogens is 1.